The number of hydrogen-bond donors (Lipinski definition) is 5. The Labute approximate surface area is 153 Å². The third kappa shape index (κ3) is 4.13. The zero-order valence-electron chi connectivity index (χ0n) is 14.9. The fourth-order valence-corrected chi connectivity index (χ4v) is 3.86. The molecule has 0 atom stereocenters. The Morgan fingerprint density at radius 3 is 2.62 bits per heavy atom. The standard InChI is InChI=1S/C18H27N7O/c26-14-3-1-13(2-4-14)22-17-15(12-5-8-19-9-6-12)11-20-18(24-17)23-16-7-10-21-25-16/h7,10-14,19,26H,1-6,8-9H2,(H3,20,21,22,23,24,25). The zero-order chi connectivity index (χ0) is 17.8. The molecule has 0 unspecified atom stereocenters. The predicted molar refractivity (Wildman–Crippen MR) is 101 cm³/mol. The number of piperidine rings is 1. The number of nitrogens with zero attached hydrogens (tertiary/aromatic N) is 3. The van der Waals surface area contributed by atoms with Crippen LogP contribution >= 0.6 is 0 Å². The van der Waals surface area contributed by atoms with Crippen LogP contribution in [-0.4, -0.2) is 50.5 Å². The maximum absolute atomic E-state index is 9.76. The average molecular weight is 357 g/mol. The number of aliphatic hydroxyl groups excluding tert-OH is 1. The Morgan fingerprint density at radius 1 is 1.08 bits per heavy atom. The van der Waals surface area contributed by atoms with E-state index in [9.17, 15) is 5.11 Å². The molecule has 1 saturated carbocycles. The summed E-state index contributed by atoms with van der Waals surface area (Å²) in [7, 11) is 0. The third-order valence-electron chi connectivity index (χ3n) is 5.38. The van der Waals surface area contributed by atoms with E-state index in [2.05, 4.69) is 31.1 Å². The molecule has 1 aliphatic heterocycles. The molecule has 0 bridgehead atoms. The summed E-state index contributed by atoms with van der Waals surface area (Å²) in [6.45, 7) is 2.07. The molecule has 4 rings (SSSR count). The molecule has 2 aliphatic rings. The zero-order valence-corrected chi connectivity index (χ0v) is 14.9. The van der Waals surface area contributed by atoms with Crippen molar-refractivity contribution < 1.29 is 5.11 Å². The van der Waals surface area contributed by atoms with Gasteiger partial charge in [0, 0.05) is 23.9 Å². The van der Waals surface area contributed by atoms with Gasteiger partial charge in [0.2, 0.25) is 5.95 Å². The second-order valence-corrected chi connectivity index (χ2v) is 7.27. The highest BCUT2D eigenvalue weighted by molar-refractivity contribution is 5.54. The fourth-order valence-electron chi connectivity index (χ4n) is 3.86. The van der Waals surface area contributed by atoms with Crippen molar-refractivity contribution in [3.8, 4) is 0 Å². The summed E-state index contributed by atoms with van der Waals surface area (Å²) in [6, 6.07) is 2.20. The smallest absolute Gasteiger partial charge is 0.230 e. The Hall–Kier alpha value is -2.19. The Kier molecular flexibility index (Phi) is 5.31. The molecule has 8 nitrogen and oxygen atoms in total. The molecule has 0 spiro atoms. The van der Waals surface area contributed by atoms with Crippen molar-refractivity contribution in [1.82, 2.24) is 25.5 Å². The SMILES string of the molecule is OC1CCC(Nc2nc(Nc3ccn[nH]3)ncc2C2CCNCC2)CC1. The number of rotatable bonds is 5. The van der Waals surface area contributed by atoms with Crippen LogP contribution in [0.25, 0.3) is 0 Å². The Morgan fingerprint density at radius 2 is 1.88 bits per heavy atom. The molecule has 2 aromatic heterocycles. The quantitative estimate of drug-likeness (QED) is 0.557. The summed E-state index contributed by atoms with van der Waals surface area (Å²) in [5, 5.41) is 26.8. The molecule has 2 aromatic rings. The highest BCUT2D eigenvalue weighted by Crippen LogP contribution is 2.32. The van der Waals surface area contributed by atoms with Gasteiger partial charge in [-0.3, -0.25) is 5.10 Å². The van der Waals surface area contributed by atoms with E-state index in [1.807, 2.05) is 12.3 Å². The van der Waals surface area contributed by atoms with Crippen molar-refractivity contribution in [3.63, 3.8) is 0 Å². The van der Waals surface area contributed by atoms with Crippen LogP contribution in [0.2, 0.25) is 0 Å². The van der Waals surface area contributed by atoms with Crippen LogP contribution in [0.4, 0.5) is 17.6 Å². The van der Waals surface area contributed by atoms with Gasteiger partial charge in [-0.2, -0.15) is 10.1 Å². The van der Waals surface area contributed by atoms with Gasteiger partial charge in [0.25, 0.3) is 0 Å². The number of hydrogen-bond acceptors (Lipinski definition) is 7. The van der Waals surface area contributed by atoms with Crippen molar-refractivity contribution in [1.29, 1.82) is 0 Å². The molecular formula is C18H27N7O. The van der Waals surface area contributed by atoms with Gasteiger partial charge in [0.1, 0.15) is 11.6 Å². The molecule has 1 aliphatic carbocycles. The van der Waals surface area contributed by atoms with Gasteiger partial charge in [0.05, 0.1) is 12.3 Å². The lowest BCUT2D eigenvalue weighted by Crippen LogP contribution is -2.30. The van der Waals surface area contributed by atoms with E-state index in [1.165, 1.54) is 5.56 Å². The Balaban J connectivity index is 1.55. The first kappa shape index (κ1) is 17.2. The van der Waals surface area contributed by atoms with E-state index in [-0.39, 0.29) is 6.10 Å². The molecule has 3 heterocycles. The summed E-state index contributed by atoms with van der Waals surface area (Å²) >= 11 is 0. The number of nitrogens with one attached hydrogen (secondary N) is 4. The molecule has 26 heavy (non-hydrogen) atoms. The van der Waals surface area contributed by atoms with Gasteiger partial charge < -0.3 is 21.1 Å². The number of aliphatic hydroxyl groups is 1. The molecule has 5 N–H and O–H groups in total. The molecule has 8 heteroatoms. The maximum Gasteiger partial charge on any atom is 0.230 e. The second kappa shape index (κ2) is 8.01. The molecule has 0 radical (unpaired) electrons. The van der Waals surface area contributed by atoms with Gasteiger partial charge >= 0.3 is 0 Å². The van der Waals surface area contributed by atoms with E-state index >= 15 is 0 Å². The summed E-state index contributed by atoms with van der Waals surface area (Å²) in [5.74, 6) is 2.74. The normalized spacial score (nSPS) is 24.3. The van der Waals surface area contributed by atoms with E-state index in [0.717, 1.165) is 63.3 Å². The van der Waals surface area contributed by atoms with Crippen LogP contribution in [0.15, 0.2) is 18.5 Å². The summed E-state index contributed by atoms with van der Waals surface area (Å²) in [6.07, 6.45) is 9.36. The second-order valence-electron chi connectivity index (χ2n) is 7.27. The fraction of sp³-hybridized carbons (Fsp3) is 0.611. The molecule has 140 valence electrons. The number of anilines is 3. The Bertz CT molecular complexity index is 692. The van der Waals surface area contributed by atoms with E-state index in [1.54, 1.807) is 6.20 Å². The van der Waals surface area contributed by atoms with E-state index in [0.29, 0.717) is 17.9 Å². The minimum atomic E-state index is -0.153. The van der Waals surface area contributed by atoms with Gasteiger partial charge in [-0.1, -0.05) is 0 Å². The third-order valence-corrected chi connectivity index (χ3v) is 5.38. The van der Waals surface area contributed by atoms with Gasteiger partial charge in [0.15, 0.2) is 0 Å². The monoisotopic (exact) mass is 357 g/mol. The number of H-pyrrole nitrogens is 1. The molecule has 0 aromatic carbocycles. The van der Waals surface area contributed by atoms with Gasteiger partial charge in [-0.15, -0.1) is 0 Å². The number of aromatic amines is 1. The van der Waals surface area contributed by atoms with Crippen molar-refractivity contribution in [3.05, 3.63) is 24.0 Å². The minimum Gasteiger partial charge on any atom is -0.393 e. The topological polar surface area (TPSA) is 111 Å². The first-order valence-corrected chi connectivity index (χ1v) is 9.56. The van der Waals surface area contributed by atoms with Gasteiger partial charge in [-0.25, -0.2) is 4.98 Å². The average Bonchev–Trinajstić information content (AvgIpc) is 3.18. The maximum atomic E-state index is 9.76. The summed E-state index contributed by atoms with van der Waals surface area (Å²) in [4.78, 5) is 9.30. The van der Waals surface area contributed by atoms with Crippen molar-refractivity contribution in [2.75, 3.05) is 23.7 Å². The predicted octanol–water partition coefficient (Wildman–Crippen LogP) is 2.13. The lowest BCUT2D eigenvalue weighted by Gasteiger charge is -2.29. The summed E-state index contributed by atoms with van der Waals surface area (Å²) < 4.78 is 0. The minimum absolute atomic E-state index is 0.153. The van der Waals surface area contributed by atoms with Crippen LogP contribution in [0.1, 0.15) is 50.0 Å². The summed E-state index contributed by atoms with van der Waals surface area (Å²) in [5.41, 5.74) is 1.20. The molecule has 2 fully saturated rings. The number of aromatic nitrogens is 4. The van der Waals surface area contributed by atoms with Gasteiger partial charge in [-0.05, 0) is 57.5 Å². The highest BCUT2D eigenvalue weighted by atomic mass is 16.3. The van der Waals surface area contributed by atoms with E-state index < -0.39 is 0 Å². The molecular weight excluding hydrogens is 330 g/mol. The van der Waals surface area contributed by atoms with E-state index in [4.69, 9.17) is 4.98 Å². The van der Waals surface area contributed by atoms with Crippen molar-refractivity contribution in [2.24, 2.45) is 0 Å². The first-order valence-electron chi connectivity index (χ1n) is 9.56. The lowest BCUT2D eigenvalue weighted by molar-refractivity contribution is 0.126. The first-order chi connectivity index (χ1) is 12.8. The molecule has 0 amide bonds. The van der Waals surface area contributed by atoms with Crippen molar-refractivity contribution >= 4 is 17.6 Å². The lowest BCUT2D eigenvalue weighted by atomic mass is 9.90. The van der Waals surface area contributed by atoms with Crippen LogP contribution in [0.5, 0.6) is 0 Å². The van der Waals surface area contributed by atoms with Crippen LogP contribution in [0, 0.1) is 0 Å². The van der Waals surface area contributed by atoms with Crippen LogP contribution in [-0.2, 0) is 0 Å². The largest absolute Gasteiger partial charge is 0.393 e. The van der Waals surface area contributed by atoms with Crippen LogP contribution in [0.3, 0.4) is 0 Å². The highest BCUT2D eigenvalue weighted by Gasteiger charge is 2.24. The van der Waals surface area contributed by atoms with Crippen LogP contribution < -0.4 is 16.0 Å². The molecule has 1 saturated heterocycles. The van der Waals surface area contributed by atoms with Crippen molar-refractivity contribution in [2.45, 2.75) is 56.6 Å².